The van der Waals surface area contributed by atoms with Crippen molar-refractivity contribution in [2.24, 2.45) is 0 Å². The van der Waals surface area contributed by atoms with E-state index in [-0.39, 0.29) is 0 Å². The zero-order valence-corrected chi connectivity index (χ0v) is 12.0. The van der Waals surface area contributed by atoms with Gasteiger partial charge in [0, 0.05) is 27.0 Å². The number of rotatable bonds is 2. The van der Waals surface area contributed by atoms with Crippen LogP contribution >= 0.6 is 11.3 Å². The van der Waals surface area contributed by atoms with Crippen molar-refractivity contribution in [2.75, 3.05) is 7.11 Å². The van der Waals surface area contributed by atoms with Gasteiger partial charge in [0.25, 0.3) is 0 Å². The summed E-state index contributed by atoms with van der Waals surface area (Å²) >= 11 is 1.96. The van der Waals surface area contributed by atoms with Gasteiger partial charge in [0.2, 0.25) is 0 Å². The molecule has 2 aromatic rings. The van der Waals surface area contributed by atoms with E-state index in [1.165, 1.54) is 35.8 Å². The fraction of sp³-hybridized carbons (Fsp3) is 0.500. The average Bonchev–Trinajstić information content (AvgIpc) is 3.01. The van der Waals surface area contributed by atoms with Crippen molar-refractivity contribution in [3.05, 3.63) is 29.1 Å². The second-order valence-corrected chi connectivity index (χ2v) is 6.94. The Morgan fingerprint density at radius 3 is 2.74 bits per heavy atom. The summed E-state index contributed by atoms with van der Waals surface area (Å²) in [6, 6.07) is 10.3. The second-order valence-electron chi connectivity index (χ2n) is 5.83. The summed E-state index contributed by atoms with van der Waals surface area (Å²) in [4.78, 5) is 1.55. The van der Waals surface area contributed by atoms with Crippen LogP contribution in [0.5, 0.6) is 5.75 Å². The molecule has 1 aromatic carbocycles. The largest absolute Gasteiger partial charge is 0.496 e. The Kier molecular flexibility index (Phi) is 2.78. The van der Waals surface area contributed by atoms with Crippen LogP contribution < -0.4 is 10.1 Å². The number of piperidine rings is 1. The van der Waals surface area contributed by atoms with E-state index in [4.69, 9.17) is 4.74 Å². The van der Waals surface area contributed by atoms with Crippen molar-refractivity contribution in [1.82, 2.24) is 5.32 Å². The molecule has 1 unspecified atom stereocenters. The van der Waals surface area contributed by atoms with Crippen molar-refractivity contribution in [2.45, 2.75) is 43.7 Å². The molecule has 0 amide bonds. The van der Waals surface area contributed by atoms with E-state index < -0.39 is 0 Å². The van der Waals surface area contributed by atoms with Crippen LogP contribution in [0.3, 0.4) is 0 Å². The van der Waals surface area contributed by atoms with E-state index in [0.717, 1.165) is 23.8 Å². The van der Waals surface area contributed by atoms with Crippen LogP contribution in [-0.4, -0.2) is 19.2 Å². The molecule has 2 fully saturated rings. The molecule has 2 nitrogen and oxygen atoms in total. The van der Waals surface area contributed by atoms with Crippen LogP contribution in [0.2, 0.25) is 0 Å². The number of fused-ring (bicyclic) bond motifs is 3. The summed E-state index contributed by atoms with van der Waals surface area (Å²) in [5, 5.41) is 5.01. The number of hydrogen-bond acceptors (Lipinski definition) is 3. The van der Waals surface area contributed by atoms with Gasteiger partial charge in [-0.05, 0) is 49.8 Å². The summed E-state index contributed by atoms with van der Waals surface area (Å²) in [5.74, 6) is 1.76. The van der Waals surface area contributed by atoms with Gasteiger partial charge in [-0.3, -0.25) is 0 Å². The molecule has 2 saturated heterocycles. The molecule has 3 heteroatoms. The van der Waals surface area contributed by atoms with Gasteiger partial charge < -0.3 is 10.1 Å². The second kappa shape index (κ2) is 4.50. The predicted octanol–water partition coefficient (Wildman–Crippen LogP) is 3.91. The molecule has 0 saturated carbocycles. The maximum atomic E-state index is 5.48. The van der Waals surface area contributed by atoms with Gasteiger partial charge in [0.05, 0.1) is 7.11 Å². The van der Waals surface area contributed by atoms with E-state index in [2.05, 4.69) is 29.6 Å². The number of benzene rings is 1. The van der Waals surface area contributed by atoms with E-state index in [1.54, 1.807) is 12.0 Å². The molecule has 1 N–H and O–H groups in total. The number of ether oxygens (including phenoxy) is 1. The van der Waals surface area contributed by atoms with Crippen LogP contribution in [0, 0.1) is 0 Å². The van der Waals surface area contributed by atoms with Gasteiger partial charge in [0.1, 0.15) is 5.75 Å². The summed E-state index contributed by atoms with van der Waals surface area (Å²) in [5.41, 5.74) is 0. The summed E-state index contributed by atoms with van der Waals surface area (Å²) in [6.45, 7) is 0. The SMILES string of the molecule is COc1cccc2sc(C3C[C@H]4CC[C@@H](C3)N4)cc12. The molecule has 1 aromatic heterocycles. The minimum absolute atomic E-state index is 0.751. The van der Waals surface area contributed by atoms with Crippen molar-refractivity contribution in [3.63, 3.8) is 0 Å². The quantitative estimate of drug-likeness (QED) is 0.896. The molecule has 2 aliphatic heterocycles. The molecule has 2 aliphatic rings. The van der Waals surface area contributed by atoms with Crippen molar-refractivity contribution in [1.29, 1.82) is 0 Å². The molecule has 19 heavy (non-hydrogen) atoms. The summed E-state index contributed by atoms with van der Waals surface area (Å²) < 4.78 is 6.84. The Balaban J connectivity index is 1.71. The fourth-order valence-electron chi connectivity index (χ4n) is 3.72. The highest BCUT2D eigenvalue weighted by Gasteiger charge is 2.34. The van der Waals surface area contributed by atoms with Crippen molar-refractivity contribution < 1.29 is 4.74 Å². The molecule has 0 spiro atoms. The van der Waals surface area contributed by atoms with Gasteiger partial charge in [-0.1, -0.05) is 6.07 Å². The fourth-order valence-corrected chi connectivity index (χ4v) is 4.93. The Hall–Kier alpha value is -1.06. The van der Waals surface area contributed by atoms with Gasteiger partial charge in [-0.2, -0.15) is 0 Å². The number of nitrogens with one attached hydrogen (secondary N) is 1. The molecule has 3 atom stereocenters. The Bertz CT molecular complexity index is 594. The first-order valence-electron chi connectivity index (χ1n) is 7.16. The zero-order valence-electron chi connectivity index (χ0n) is 11.2. The van der Waals surface area contributed by atoms with Crippen molar-refractivity contribution in [3.8, 4) is 5.75 Å². The first-order chi connectivity index (χ1) is 9.33. The van der Waals surface area contributed by atoms with Crippen LogP contribution in [0.4, 0.5) is 0 Å². The maximum absolute atomic E-state index is 5.48. The Morgan fingerprint density at radius 2 is 2.00 bits per heavy atom. The lowest BCUT2D eigenvalue weighted by atomic mass is 9.91. The highest BCUT2D eigenvalue weighted by molar-refractivity contribution is 7.19. The van der Waals surface area contributed by atoms with E-state index in [0.29, 0.717) is 0 Å². The monoisotopic (exact) mass is 273 g/mol. The van der Waals surface area contributed by atoms with Gasteiger partial charge in [-0.25, -0.2) is 0 Å². The molecular formula is C16H19NOS. The lowest BCUT2D eigenvalue weighted by Gasteiger charge is -2.28. The van der Waals surface area contributed by atoms with E-state index in [1.807, 2.05) is 11.3 Å². The van der Waals surface area contributed by atoms with E-state index in [9.17, 15) is 0 Å². The minimum atomic E-state index is 0.751. The summed E-state index contributed by atoms with van der Waals surface area (Å²) in [7, 11) is 1.76. The third-order valence-corrected chi connectivity index (χ3v) is 5.90. The number of hydrogen-bond donors (Lipinski definition) is 1. The van der Waals surface area contributed by atoms with Crippen molar-refractivity contribution >= 4 is 21.4 Å². The lowest BCUT2D eigenvalue weighted by molar-refractivity contribution is 0.366. The van der Waals surface area contributed by atoms with Gasteiger partial charge in [0.15, 0.2) is 0 Å². The maximum Gasteiger partial charge on any atom is 0.127 e. The molecule has 100 valence electrons. The van der Waals surface area contributed by atoms with Crippen LogP contribution in [0.15, 0.2) is 24.3 Å². The van der Waals surface area contributed by atoms with Gasteiger partial charge >= 0.3 is 0 Å². The Morgan fingerprint density at radius 1 is 1.21 bits per heavy atom. The van der Waals surface area contributed by atoms with Gasteiger partial charge in [-0.15, -0.1) is 11.3 Å². The van der Waals surface area contributed by atoms with Crippen LogP contribution in [0.25, 0.3) is 10.1 Å². The first kappa shape index (κ1) is 11.7. The predicted molar refractivity (Wildman–Crippen MR) is 80.3 cm³/mol. The zero-order chi connectivity index (χ0) is 12.8. The summed E-state index contributed by atoms with van der Waals surface area (Å²) in [6.07, 6.45) is 5.36. The highest BCUT2D eigenvalue weighted by Crippen LogP contribution is 2.43. The normalized spacial score (nSPS) is 29.8. The first-order valence-corrected chi connectivity index (χ1v) is 7.97. The number of thiophene rings is 1. The molecular weight excluding hydrogens is 254 g/mol. The molecule has 2 bridgehead atoms. The molecule has 3 heterocycles. The molecule has 0 aliphatic carbocycles. The third-order valence-electron chi connectivity index (χ3n) is 4.64. The average molecular weight is 273 g/mol. The van der Waals surface area contributed by atoms with Crippen LogP contribution in [-0.2, 0) is 0 Å². The van der Waals surface area contributed by atoms with Crippen LogP contribution in [0.1, 0.15) is 36.5 Å². The molecule has 4 rings (SSSR count). The number of methoxy groups -OCH3 is 1. The Labute approximate surface area is 117 Å². The minimum Gasteiger partial charge on any atom is -0.496 e. The lowest BCUT2D eigenvalue weighted by Crippen LogP contribution is -2.36. The van der Waals surface area contributed by atoms with E-state index >= 15 is 0 Å². The highest BCUT2D eigenvalue weighted by atomic mass is 32.1. The topological polar surface area (TPSA) is 21.3 Å². The smallest absolute Gasteiger partial charge is 0.127 e. The molecule has 0 radical (unpaired) electrons. The standard InChI is InChI=1S/C16H19NOS/c1-18-14-3-2-4-15-13(14)9-16(19-15)10-7-11-5-6-12(8-10)17-11/h2-4,9-12,17H,5-8H2,1H3/t10?,11-,12+. The third kappa shape index (κ3) is 1.96.